The van der Waals surface area contributed by atoms with E-state index in [1.807, 2.05) is 4.68 Å². The summed E-state index contributed by atoms with van der Waals surface area (Å²) in [4.78, 5) is 0. The molecule has 0 amide bonds. The highest BCUT2D eigenvalue weighted by molar-refractivity contribution is 6.16. The number of halogens is 1. The van der Waals surface area contributed by atoms with Gasteiger partial charge in [-0.25, -0.2) is 4.68 Å². The third-order valence-electron chi connectivity index (χ3n) is 3.42. The molecule has 1 aromatic rings. The zero-order valence-corrected chi connectivity index (χ0v) is 9.28. The van der Waals surface area contributed by atoms with Gasteiger partial charge in [0.05, 0.1) is 11.9 Å². The molecule has 1 aliphatic carbocycles. The Bertz CT molecular complexity index is 312. The number of nitrogens with zero attached hydrogens (tertiary/aromatic N) is 4. The van der Waals surface area contributed by atoms with E-state index in [0.717, 1.165) is 18.2 Å². The first-order chi connectivity index (χ1) is 6.74. The Kier molecular flexibility index (Phi) is 2.72. The Morgan fingerprint density at radius 1 is 1.43 bits per heavy atom. The fraction of sp³-hybridized carbons (Fsp3) is 0.889. The Morgan fingerprint density at radius 2 is 2.21 bits per heavy atom. The van der Waals surface area contributed by atoms with Gasteiger partial charge in [0.2, 0.25) is 0 Å². The minimum absolute atomic E-state index is 0.393. The average Bonchev–Trinajstić information content (AvgIpc) is 2.75. The fourth-order valence-corrected chi connectivity index (χ4v) is 2.42. The molecule has 0 radical (unpaired) electrons. The van der Waals surface area contributed by atoms with E-state index in [1.165, 1.54) is 6.42 Å². The van der Waals surface area contributed by atoms with Gasteiger partial charge < -0.3 is 0 Å². The quantitative estimate of drug-likeness (QED) is 0.708. The maximum atomic E-state index is 5.77. The lowest BCUT2D eigenvalue weighted by Gasteiger charge is -2.18. The largest absolute Gasteiger partial charge is 0.225 e. The van der Waals surface area contributed by atoms with Crippen molar-refractivity contribution < 1.29 is 0 Å². The second-order valence-electron chi connectivity index (χ2n) is 4.15. The summed E-state index contributed by atoms with van der Waals surface area (Å²) >= 11 is 5.77. The second kappa shape index (κ2) is 3.85. The van der Waals surface area contributed by atoms with Crippen molar-refractivity contribution in [2.45, 2.75) is 38.6 Å². The predicted octanol–water partition coefficient (Wildman–Crippen LogP) is 2.02. The van der Waals surface area contributed by atoms with Crippen LogP contribution >= 0.6 is 11.6 Å². The van der Waals surface area contributed by atoms with E-state index in [2.05, 4.69) is 29.4 Å². The maximum Gasteiger partial charge on any atom is 0.166 e. The van der Waals surface area contributed by atoms with E-state index in [0.29, 0.717) is 17.8 Å². The van der Waals surface area contributed by atoms with E-state index in [-0.39, 0.29) is 0 Å². The van der Waals surface area contributed by atoms with E-state index in [9.17, 15) is 0 Å². The van der Waals surface area contributed by atoms with Crippen molar-refractivity contribution in [3.05, 3.63) is 5.82 Å². The third kappa shape index (κ3) is 1.52. The maximum absolute atomic E-state index is 5.77. The molecule has 0 spiro atoms. The van der Waals surface area contributed by atoms with Gasteiger partial charge in [-0.15, -0.1) is 16.7 Å². The van der Waals surface area contributed by atoms with Crippen LogP contribution in [0.5, 0.6) is 0 Å². The lowest BCUT2D eigenvalue weighted by atomic mass is 9.98. The molecule has 0 aromatic carbocycles. The first-order valence-electron chi connectivity index (χ1n) is 5.06. The van der Waals surface area contributed by atoms with Crippen LogP contribution in [0.25, 0.3) is 0 Å². The van der Waals surface area contributed by atoms with Crippen molar-refractivity contribution in [3.8, 4) is 0 Å². The summed E-state index contributed by atoms with van der Waals surface area (Å²) < 4.78 is 1.90. The number of hydrogen-bond acceptors (Lipinski definition) is 3. The van der Waals surface area contributed by atoms with Crippen molar-refractivity contribution in [1.82, 2.24) is 20.2 Å². The highest BCUT2D eigenvalue weighted by Gasteiger charge is 2.33. The molecule has 1 aromatic heterocycles. The van der Waals surface area contributed by atoms with Crippen LogP contribution in [0.1, 0.15) is 38.6 Å². The number of aromatic nitrogens is 4. The summed E-state index contributed by atoms with van der Waals surface area (Å²) in [6.45, 7) is 4.55. The van der Waals surface area contributed by atoms with Crippen LogP contribution in [-0.4, -0.2) is 20.2 Å². The first-order valence-corrected chi connectivity index (χ1v) is 5.60. The van der Waals surface area contributed by atoms with Gasteiger partial charge in [0.1, 0.15) is 0 Å². The standard InChI is InChI=1S/C9H15ClN4/c1-6-3-4-8(7(6)2)14-9(5-10)11-12-13-14/h6-8H,3-5H2,1-2H3. The zero-order valence-electron chi connectivity index (χ0n) is 8.52. The number of tetrazole rings is 1. The average molecular weight is 215 g/mol. The molecule has 0 bridgehead atoms. The van der Waals surface area contributed by atoms with E-state index in [1.54, 1.807) is 0 Å². The molecule has 1 fully saturated rings. The molecule has 1 aliphatic rings. The van der Waals surface area contributed by atoms with Gasteiger partial charge in [-0.05, 0) is 35.1 Å². The molecular formula is C9H15ClN4. The topological polar surface area (TPSA) is 43.6 Å². The molecule has 78 valence electrons. The number of hydrogen-bond donors (Lipinski definition) is 0. The molecule has 2 rings (SSSR count). The Hall–Kier alpha value is -0.640. The monoisotopic (exact) mass is 214 g/mol. The number of rotatable bonds is 2. The Morgan fingerprint density at radius 3 is 2.79 bits per heavy atom. The molecular weight excluding hydrogens is 200 g/mol. The van der Waals surface area contributed by atoms with Crippen LogP contribution in [0.3, 0.4) is 0 Å². The molecule has 1 saturated carbocycles. The van der Waals surface area contributed by atoms with Gasteiger partial charge in [-0.1, -0.05) is 13.8 Å². The lowest BCUT2D eigenvalue weighted by molar-refractivity contribution is 0.321. The highest BCUT2D eigenvalue weighted by Crippen LogP contribution is 2.39. The Labute approximate surface area is 88.6 Å². The first kappa shape index (κ1) is 9.90. The van der Waals surface area contributed by atoms with Crippen molar-refractivity contribution in [3.63, 3.8) is 0 Å². The zero-order chi connectivity index (χ0) is 10.1. The van der Waals surface area contributed by atoms with Crippen LogP contribution < -0.4 is 0 Å². The summed E-state index contributed by atoms with van der Waals surface area (Å²) in [5, 5.41) is 11.6. The third-order valence-corrected chi connectivity index (χ3v) is 3.66. The molecule has 0 N–H and O–H groups in total. The fourth-order valence-electron chi connectivity index (χ4n) is 2.24. The van der Waals surface area contributed by atoms with Crippen LogP contribution in [0.4, 0.5) is 0 Å². The van der Waals surface area contributed by atoms with Crippen molar-refractivity contribution in [2.24, 2.45) is 11.8 Å². The van der Waals surface area contributed by atoms with Gasteiger partial charge in [-0.2, -0.15) is 0 Å². The normalized spacial score (nSPS) is 32.4. The van der Waals surface area contributed by atoms with E-state index in [4.69, 9.17) is 11.6 Å². The molecule has 1 heterocycles. The number of alkyl halides is 1. The summed E-state index contributed by atoms with van der Waals surface area (Å²) in [5.74, 6) is 2.58. The van der Waals surface area contributed by atoms with Crippen molar-refractivity contribution in [2.75, 3.05) is 0 Å². The smallest absolute Gasteiger partial charge is 0.166 e. The van der Waals surface area contributed by atoms with Crippen LogP contribution in [0, 0.1) is 11.8 Å². The summed E-state index contributed by atoms with van der Waals surface area (Å²) in [7, 11) is 0. The van der Waals surface area contributed by atoms with Gasteiger partial charge >= 0.3 is 0 Å². The SMILES string of the molecule is CC1CCC(n2nnnc2CCl)C1C. The van der Waals surface area contributed by atoms with E-state index < -0.39 is 0 Å². The van der Waals surface area contributed by atoms with Crippen LogP contribution in [0.2, 0.25) is 0 Å². The molecule has 3 atom stereocenters. The minimum Gasteiger partial charge on any atom is -0.225 e. The molecule has 14 heavy (non-hydrogen) atoms. The Balaban J connectivity index is 2.23. The lowest BCUT2D eigenvalue weighted by Crippen LogP contribution is -2.18. The van der Waals surface area contributed by atoms with Crippen LogP contribution in [0.15, 0.2) is 0 Å². The van der Waals surface area contributed by atoms with Crippen molar-refractivity contribution in [1.29, 1.82) is 0 Å². The van der Waals surface area contributed by atoms with Crippen LogP contribution in [-0.2, 0) is 5.88 Å². The van der Waals surface area contributed by atoms with Gasteiger partial charge in [0.25, 0.3) is 0 Å². The molecule has 0 aliphatic heterocycles. The minimum atomic E-state index is 0.393. The second-order valence-corrected chi connectivity index (χ2v) is 4.42. The highest BCUT2D eigenvalue weighted by atomic mass is 35.5. The van der Waals surface area contributed by atoms with Crippen molar-refractivity contribution >= 4 is 11.6 Å². The van der Waals surface area contributed by atoms with Gasteiger partial charge in [-0.3, -0.25) is 0 Å². The molecule has 3 unspecified atom stereocenters. The summed E-state index contributed by atoms with van der Waals surface area (Å²) in [6.07, 6.45) is 2.42. The molecule has 4 nitrogen and oxygen atoms in total. The predicted molar refractivity (Wildman–Crippen MR) is 54.0 cm³/mol. The van der Waals surface area contributed by atoms with E-state index >= 15 is 0 Å². The van der Waals surface area contributed by atoms with Gasteiger partial charge in [0, 0.05) is 0 Å². The summed E-state index contributed by atoms with van der Waals surface area (Å²) in [6, 6.07) is 0.439. The summed E-state index contributed by atoms with van der Waals surface area (Å²) in [5.41, 5.74) is 0. The molecule has 0 saturated heterocycles. The molecule has 5 heteroatoms. The van der Waals surface area contributed by atoms with Gasteiger partial charge in [0.15, 0.2) is 5.82 Å².